The van der Waals surface area contributed by atoms with Crippen LogP contribution in [0.2, 0.25) is 0 Å². The van der Waals surface area contributed by atoms with E-state index in [-0.39, 0.29) is 0 Å². The van der Waals surface area contributed by atoms with Crippen molar-refractivity contribution >= 4 is 5.97 Å². The zero-order valence-corrected chi connectivity index (χ0v) is 13.8. The van der Waals surface area contributed by atoms with E-state index in [1.54, 1.807) is 0 Å². The zero-order valence-electron chi connectivity index (χ0n) is 13.8. The number of carboxylic acids is 1. The van der Waals surface area contributed by atoms with E-state index in [1.165, 1.54) is 36.8 Å². The molecule has 1 saturated carbocycles. The Morgan fingerprint density at radius 2 is 2.00 bits per heavy atom. The molecule has 0 heterocycles. The van der Waals surface area contributed by atoms with Crippen LogP contribution in [-0.4, -0.2) is 11.1 Å². The van der Waals surface area contributed by atoms with Gasteiger partial charge >= 0.3 is 5.97 Å². The maximum absolute atomic E-state index is 11.4. The van der Waals surface area contributed by atoms with Crippen LogP contribution in [0.25, 0.3) is 0 Å². The Balaban J connectivity index is 2.27. The maximum atomic E-state index is 11.4. The summed E-state index contributed by atoms with van der Waals surface area (Å²) in [5.74, 6) is -0.143. The lowest BCUT2D eigenvalue weighted by Crippen LogP contribution is -2.27. The van der Waals surface area contributed by atoms with Crippen molar-refractivity contribution in [2.45, 2.75) is 65.7 Å². The highest BCUT2D eigenvalue weighted by Crippen LogP contribution is 2.44. The Morgan fingerprint density at radius 1 is 1.33 bits per heavy atom. The first-order valence-electron chi connectivity index (χ1n) is 8.02. The third-order valence-corrected chi connectivity index (χ3v) is 4.91. The van der Waals surface area contributed by atoms with Crippen molar-refractivity contribution in [3.8, 4) is 0 Å². The molecule has 0 bridgehead atoms. The van der Waals surface area contributed by atoms with Gasteiger partial charge in [0.05, 0.1) is 5.41 Å². The summed E-state index contributed by atoms with van der Waals surface area (Å²) in [6.07, 6.45) is 5.61. The Morgan fingerprint density at radius 3 is 2.62 bits per heavy atom. The summed E-state index contributed by atoms with van der Waals surface area (Å²) in [4.78, 5) is 11.4. The third-order valence-electron chi connectivity index (χ3n) is 4.91. The number of aliphatic carboxylic acids is 1. The molecule has 0 radical (unpaired) electrons. The van der Waals surface area contributed by atoms with Gasteiger partial charge in [-0.25, -0.2) is 0 Å². The van der Waals surface area contributed by atoms with E-state index in [4.69, 9.17) is 0 Å². The normalized spacial score (nSPS) is 22.0. The van der Waals surface area contributed by atoms with Crippen LogP contribution in [0.5, 0.6) is 0 Å². The van der Waals surface area contributed by atoms with E-state index in [9.17, 15) is 9.90 Å². The number of hydrogen-bond acceptors (Lipinski definition) is 1. The van der Waals surface area contributed by atoms with Crippen LogP contribution in [0.1, 0.15) is 70.4 Å². The Bertz CT molecular complexity index is 514. The molecule has 1 unspecified atom stereocenters. The second-order valence-corrected chi connectivity index (χ2v) is 8.02. The molecule has 1 aliphatic carbocycles. The number of carboxylic acid groups (broad SMARTS) is 1. The predicted octanol–water partition coefficient (Wildman–Crippen LogP) is 5.02. The molecule has 1 N–H and O–H groups in total. The molecule has 1 aromatic carbocycles. The SMILES string of the molecule is CC1(C)CCCC(c2ccccc2CC(C)(C)C(=O)O)C1. The molecule has 0 saturated heterocycles. The molecule has 21 heavy (non-hydrogen) atoms. The van der Waals surface area contributed by atoms with Gasteiger partial charge in [-0.1, -0.05) is 44.5 Å². The van der Waals surface area contributed by atoms with Gasteiger partial charge in [-0.3, -0.25) is 4.79 Å². The lowest BCUT2D eigenvalue weighted by molar-refractivity contribution is -0.146. The van der Waals surface area contributed by atoms with Gasteiger partial charge in [0.1, 0.15) is 0 Å². The van der Waals surface area contributed by atoms with E-state index in [2.05, 4.69) is 32.0 Å². The van der Waals surface area contributed by atoms with Gasteiger partial charge in [0.25, 0.3) is 0 Å². The molecular formula is C19H28O2. The largest absolute Gasteiger partial charge is 0.481 e. The average molecular weight is 288 g/mol. The van der Waals surface area contributed by atoms with E-state index in [0.717, 1.165) is 0 Å². The van der Waals surface area contributed by atoms with Crippen LogP contribution < -0.4 is 0 Å². The summed E-state index contributed by atoms with van der Waals surface area (Å²) in [7, 11) is 0. The molecule has 1 fully saturated rings. The highest BCUT2D eigenvalue weighted by Gasteiger charge is 2.32. The summed E-state index contributed by atoms with van der Waals surface area (Å²) in [6, 6.07) is 8.44. The van der Waals surface area contributed by atoms with Crippen molar-refractivity contribution in [2.24, 2.45) is 10.8 Å². The summed E-state index contributed by atoms with van der Waals surface area (Å²) in [5.41, 5.74) is 2.28. The molecule has 1 atom stereocenters. The molecule has 1 aromatic rings. The van der Waals surface area contributed by atoms with Gasteiger partial charge in [-0.2, -0.15) is 0 Å². The van der Waals surface area contributed by atoms with E-state index >= 15 is 0 Å². The molecule has 1 aliphatic rings. The minimum Gasteiger partial charge on any atom is -0.481 e. The van der Waals surface area contributed by atoms with Crippen LogP contribution in [-0.2, 0) is 11.2 Å². The smallest absolute Gasteiger partial charge is 0.309 e. The van der Waals surface area contributed by atoms with Crippen molar-refractivity contribution < 1.29 is 9.90 Å². The van der Waals surface area contributed by atoms with Gasteiger partial charge < -0.3 is 5.11 Å². The monoisotopic (exact) mass is 288 g/mol. The zero-order chi connectivity index (χ0) is 15.7. The van der Waals surface area contributed by atoms with E-state index < -0.39 is 11.4 Å². The van der Waals surface area contributed by atoms with Crippen LogP contribution in [0.4, 0.5) is 0 Å². The summed E-state index contributed by atoms with van der Waals surface area (Å²) < 4.78 is 0. The Kier molecular flexibility index (Phi) is 4.46. The molecule has 2 nitrogen and oxygen atoms in total. The van der Waals surface area contributed by atoms with Crippen molar-refractivity contribution in [1.29, 1.82) is 0 Å². The van der Waals surface area contributed by atoms with Gasteiger partial charge in [0, 0.05) is 0 Å². The third kappa shape index (κ3) is 3.87. The van der Waals surface area contributed by atoms with Crippen LogP contribution in [0, 0.1) is 10.8 Å². The summed E-state index contributed by atoms with van der Waals surface area (Å²) >= 11 is 0. The summed E-state index contributed by atoms with van der Waals surface area (Å²) in [5, 5.41) is 9.39. The first kappa shape index (κ1) is 16.1. The van der Waals surface area contributed by atoms with Gasteiger partial charge in [0.2, 0.25) is 0 Å². The van der Waals surface area contributed by atoms with E-state index in [0.29, 0.717) is 17.8 Å². The fourth-order valence-electron chi connectivity index (χ4n) is 3.61. The summed E-state index contributed by atoms with van der Waals surface area (Å²) in [6.45, 7) is 8.33. The first-order chi connectivity index (χ1) is 9.71. The lowest BCUT2D eigenvalue weighted by Gasteiger charge is -2.36. The molecule has 0 aromatic heterocycles. The second kappa shape index (κ2) is 5.82. The minimum atomic E-state index is -0.721. The number of hydrogen-bond donors (Lipinski definition) is 1. The highest BCUT2D eigenvalue weighted by molar-refractivity contribution is 5.74. The van der Waals surface area contributed by atoms with Gasteiger partial charge in [0.15, 0.2) is 0 Å². The average Bonchev–Trinajstić information content (AvgIpc) is 2.37. The Hall–Kier alpha value is -1.31. The maximum Gasteiger partial charge on any atom is 0.309 e. The van der Waals surface area contributed by atoms with Crippen molar-refractivity contribution in [3.63, 3.8) is 0 Å². The molecule has 0 spiro atoms. The van der Waals surface area contributed by atoms with Gasteiger partial charge in [-0.05, 0) is 62.0 Å². The number of benzene rings is 1. The van der Waals surface area contributed by atoms with E-state index in [1.807, 2.05) is 19.9 Å². The molecule has 116 valence electrons. The molecular weight excluding hydrogens is 260 g/mol. The van der Waals surface area contributed by atoms with Crippen LogP contribution >= 0.6 is 0 Å². The minimum absolute atomic E-state index is 0.401. The van der Waals surface area contributed by atoms with Gasteiger partial charge in [-0.15, -0.1) is 0 Å². The molecule has 2 heteroatoms. The number of carbonyl (C=O) groups is 1. The van der Waals surface area contributed by atoms with Crippen molar-refractivity contribution in [2.75, 3.05) is 0 Å². The lowest BCUT2D eigenvalue weighted by atomic mass is 9.69. The number of rotatable bonds is 4. The topological polar surface area (TPSA) is 37.3 Å². The van der Waals surface area contributed by atoms with Crippen LogP contribution in [0.3, 0.4) is 0 Å². The highest BCUT2D eigenvalue weighted by atomic mass is 16.4. The second-order valence-electron chi connectivity index (χ2n) is 8.02. The first-order valence-corrected chi connectivity index (χ1v) is 8.02. The molecule has 0 aliphatic heterocycles. The molecule has 2 rings (SSSR count). The van der Waals surface area contributed by atoms with Crippen molar-refractivity contribution in [3.05, 3.63) is 35.4 Å². The predicted molar refractivity (Wildman–Crippen MR) is 86.6 cm³/mol. The van der Waals surface area contributed by atoms with Crippen LogP contribution in [0.15, 0.2) is 24.3 Å². The quantitative estimate of drug-likeness (QED) is 0.844. The fraction of sp³-hybridized carbons (Fsp3) is 0.632. The standard InChI is InChI=1S/C19H28O2/c1-18(2)11-7-9-14(12-18)16-10-6-5-8-15(16)13-19(3,4)17(20)21/h5-6,8,10,14H,7,9,11-13H2,1-4H3,(H,20,21). The van der Waals surface area contributed by atoms with Crippen molar-refractivity contribution in [1.82, 2.24) is 0 Å². The fourth-order valence-corrected chi connectivity index (χ4v) is 3.61. The molecule has 0 amide bonds. The Labute approximate surface area is 128 Å².